The van der Waals surface area contributed by atoms with E-state index in [0.717, 1.165) is 18.4 Å². The van der Waals surface area contributed by atoms with Crippen molar-refractivity contribution in [1.82, 2.24) is 0 Å². The predicted molar refractivity (Wildman–Crippen MR) is 59.5 cm³/mol. The number of carbonyl (C=O) groups is 1. The van der Waals surface area contributed by atoms with Crippen LogP contribution in [0.25, 0.3) is 0 Å². The minimum Gasteiger partial charge on any atom is -0.294 e. The summed E-state index contributed by atoms with van der Waals surface area (Å²) in [6.07, 6.45) is 2.97. The molecule has 0 aliphatic carbocycles. The minimum atomic E-state index is 0.270. The zero-order valence-corrected chi connectivity index (χ0v) is 8.99. The first kappa shape index (κ1) is 11.0. The largest absolute Gasteiger partial charge is 0.294 e. The number of hydrogen-bond donors (Lipinski definition) is 0. The highest BCUT2D eigenvalue weighted by molar-refractivity contribution is 5.96. The van der Waals surface area contributed by atoms with E-state index in [-0.39, 0.29) is 5.78 Å². The van der Waals surface area contributed by atoms with Crippen LogP contribution in [-0.2, 0) is 0 Å². The van der Waals surface area contributed by atoms with Gasteiger partial charge in [-0.1, -0.05) is 57.0 Å². The van der Waals surface area contributed by atoms with Gasteiger partial charge in [0.15, 0.2) is 5.78 Å². The zero-order valence-electron chi connectivity index (χ0n) is 8.99. The summed E-state index contributed by atoms with van der Waals surface area (Å²) in [4.78, 5) is 11.7. The van der Waals surface area contributed by atoms with E-state index in [0.29, 0.717) is 12.3 Å². The van der Waals surface area contributed by atoms with Gasteiger partial charge in [0.1, 0.15) is 0 Å². The minimum absolute atomic E-state index is 0.270. The molecule has 0 aliphatic heterocycles. The molecule has 0 aromatic heterocycles. The van der Waals surface area contributed by atoms with E-state index >= 15 is 0 Å². The molecule has 0 saturated heterocycles. The molecule has 76 valence electrons. The number of ketones is 1. The van der Waals surface area contributed by atoms with E-state index < -0.39 is 0 Å². The van der Waals surface area contributed by atoms with Crippen LogP contribution in [-0.4, -0.2) is 5.78 Å². The summed E-state index contributed by atoms with van der Waals surface area (Å²) in [5, 5.41) is 0. The van der Waals surface area contributed by atoms with Crippen LogP contribution < -0.4 is 0 Å². The molecular formula is C13H18O. The molecule has 0 spiro atoms. The van der Waals surface area contributed by atoms with Gasteiger partial charge in [0.2, 0.25) is 0 Å². The molecule has 14 heavy (non-hydrogen) atoms. The Hall–Kier alpha value is -1.11. The molecule has 0 bridgehead atoms. The van der Waals surface area contributed by atoms with Crippen molar-refractivity contribution < 1.29 is 4.79 Å². The van der Waals surface area contributed by atoms with Crippen molar-refractivity contribution in [1.29, 1.82) is 0 Å². The van der Waals surface area contributed by atoms with Crippen LogP contribution in [0.2, 0.25) is 0 Å². The van der Waals surface area contributed by atoms with Crippen LogP contribution >= 0.6 is 0 Å². The fourth-order valence-corrected chi connectivity index (χ4v) is 1.65. The summed E-state index contributed by atoms with van der Waals surface area (Å²) < 4.78 is 0. The van der Waals surface area contributed by atoms with Gasteiger partial charge in [-0.25, -0.2) is 0 Å². The van der Waals surface area contributed by atoms with Crippen molar-refractivity contribution in [3.8, 4) is 0 Å². The van der Waals surface area contributed by atoms with Gasteiger partial charge in [0, 0.05) is 12.0 Å². The topological polar surface area (TPSA) is 17.1 Å². The maximum Gasteiger partial charge on any atom is 0.163 e. The second-order valence-electron chi connectivity index (χ2n) is 3.89. The molecule has 1 heteroatoms. The predicted octanol–water partition coefficient (Wildman–Crippen LogP) is 3.70. The van der Waals surface area contributed by atoms with Gasteiger partial charge in [0.05, 0.1) is 0 Å². The Kier molecular flexibility index (Phi) is 4.37. The van der Waals surface area contributed by atoms with Crippen LogP contribution in [0.4, 0.5) is 0 Å². The number of benzene rings is 1. The molecule has 0 radical (unpaired) electrons. The second-order valence-corrected chi connectivity index (χ2v) is 3.89. The van der Waals surface area contributed by atoms with Crippen LogP contribution in [0.3, 0.4) is 0 Å². The van der Waals surface area contributed by atoms with Crippen LogP contribution in [0, 0.1) is 5.92 Å². The highest BCUT2D eigenvalue weighted by Gasteiger charge is 2.09. The third-order valence-electron chi connectivity index (χ3n) is 2.41. The molecular weight excluding hydrogens is 172 g/mol. The first-order valence-electron chi connectivity index (χ1n) is 5.32. The summed E-state index contributed by atoms with van der Waals surface area (Å²) in [7, 11) is 0. The normalized spacial score (nSPS) is 12.4. The first-order chi connectivity index (χ1) is 6.74. The Bertz CT molecular complexity index is 277. The fourth-order valence-electron chi connectivity index (χ4n) is 1.65. The summed E-state index contributed by atoms with van der Waals surface area (Å²) in [5.74, 6) is 0.777. The Morgan fingerprint density at radius 1 is 1.29 bits per heavy atom. The Morgan fingerprint density at radius 2 is 1.93 bits per heavy atom. The van der Waals surface area contributed by atoms with E-state index in [1.165, 1.54) is 0 Å². The molecule has 1 rings (SSSR count). The van der Waals surface area contributed by atoms with Crippen molar-refractivity contribution in [2.24, 2.45) is 5.92 Å². The van der Waals surface area contributed by atoms with Crippen molar-refractivity contribution in [3.05, 3.63) is 35.9 Å². The quantitative estimate of drug-likeness (QED) is 0.647. The van der Waals surface area contributed by atoms with E-state index in [2.05, 4.69) is 13.8 Å². The molecule has 1 aromatic rings. The molecule has 0 aliphatic rings. The average Bonchev–Trinajstić information content (AvgIpc) is 2.19. The zero-order chi connectivity index (χ0) is 10.4. The van der Waals surface area contributed by atoms with Crippen molar-refractivity contribution in [2.45, 2.75) is 33.1 Å². The number of rotatable bonds is 5. The van der Waals surface area contributed by atoms with Crippen LogP contribution in [0.5, 0.6) is 0 Å². The molecule has 1 nitrogen and oxygen atoms in total. The van der Waals surface area contributed by atoms with Gasteiger partial charge in [-0.15, -0.1) is 0 Å². The number of carbonyl (C=O) groups excluding carboxylic acids is 1. The lowest BCUT2D eigenvalue weighted by Crippen LogP contribution is -2.05. The van der Waals surface area contributed by atoms with E-state index in [4.69, 9.17) is 0 Å². The average molecular weight is 190 g/mol. The Balaban J connectivity index is 2.51. The van der Waals surface area contributed by atoms with Crippen LogP contribution in [0.15, 0.2) is 30.3 Å². The molecule has 1 unspecified atom stereocenters. The smallest absolute Gasteiger partial charge is 0.163 e. The Morgan fingerprint density at radius 3 is 2.50 bits per heavy atom. The number of hydrogen-bond acceptors (Lipinski definition) is 1. The molecule has 0 amide bonds. The number of Topliss-reactive ketones (excluding diaryl/α,β-unsaturated/α-hetero) is 1. The van der Waals surface area contributed by atoms with Gasteiger partial charge in [-0.05, 0) is 5.92 Å². The summed E-state index contributed by atoms with van der Waals surface area (Å²) in [6.45, 7) is 4.30. The maximum atomic E-state index is 11.7. The van der Waals surface area contributed by atoms with Crippen LogP contribution in [0.1, 0.15) is 43.5 Å². The van der Waals surface area contributed by atoms with Gasteiger partial charge in [0.25, 0.3) is 0 Å². The summed E-state index contributed by atoms with van der Waals surface area (Å²) >= 11 is 0. The van der Waals surface area contributed by atoms with Crippen molar-refractivity contribution >= 4 is 5.78 Å². The lowest BCUT2D eigenvalue weighted by molar-refractivity contribution is 0.0962. The SMILES string of the molecule is CCCC(C)CC(=O)c1ccccc1. The molecule has 0 N–H and O–H groups in total. The van der Waals surface area contributed by atoms with Gasteiger partial charge in [-0.2, -0.15) is 0 Å². The lowest BCUT2D eigenvalue weighted by atomic mass is 9.96. The van der Waals surface area contributed by atoms with Gasteiger partial charge >= 0.3 is 0 Å². The third-order valence-corrected chi connectivity index (χ3v) is 2.41. The monoisotopic (exact) mass is 190 g/mol. The molecule has 1 aromatic carbocycles. The van der Waals surface area contributed by atoms with Gasteiger partial charge in [-0.3, -0.25) is 4.79 Å². The highest BCUT2D eigenvalue weighted by Crippen LogP contribution is 2.13. The standard InChI is InChI=1S/C13H18O/c1-3-7-11(2)10-13(14)12-8-5-4-6-9-12/h4-6,8-9,11H,3,7,10H2,1-2H3. The summed E-state index contributed by atoms with van der Waals surface area (Å²) in [5.41, 5.74) is 0.843. The second kappa shape index (κ2) is 5.58. The Labute approximate surface area is 86.1 Å². The summed E-state index contributed by atoms with van der Waals surface area (Å²) in [6, 6.07) is 9.55. The molecule has 0 fully saturated rings. The lowest BCUT2D eigenvalue weighted by Gasteiger charge is -2.08. The van der Waals surface area contributed by atoms with Gasteiger partial charge < -0.3 is 0 Å². The molecule has 0 heterocycles. The maximum absolute atomic E-state index is 11.7. The van der Waals surface area contributed by atoms with Crippen molar-refractivity contribution in [3.63, 3.8) is 0 Å². The van der Waals surface area contributed by atoms with E-state index in [9.17, 15) is 4.79 Å². The highest BCUT2D eigenvalue weighted by atomic mass is 16.1. The first-order valence-corrected chi connectivity index (χ1v) is 5.32. The molecule has 1 atom stereocenters. The van der Waals surface area contributed by atoms with E-state index in [1.54, 1.807) is 0 Å². The third kappa shape index (κ3) is 3.33. The van der Waals surface area contributed by atoms with Crippen molar-refractivity contribution in [2.75, 3.05) is 0 Å². The van der Waals surface area contributed by atoms with E-state index in [1.807, 2.05) is 30.3 Å². The fraction of sp³-hybridized carbons (Fsp3) is 0.462. The molecule has 0 saturated carbocycles.